The zero-order valence-electron chi connectivity index (χ0n) is 12.8. The Balaban J connectivity index is 2.14. The van der Waals surface area contributed by atoms with Gasteiger partial charge in [-0.1, -0.05) is 60.7 Å². The summed E-state index contributed by atoms with van der Waals surface area (Å²) in [4.78, 5) is 0. The molecule has 0 fully saturated rings. The number of hydrogen-bond donors (Lipinski definition) is 1. The predicted molar refractivity (Wildman–Crippen MR) is 94.2 cm³/mol. The Morgan fingerprint density at radius 3 is 1.95 bits per heavy atom. The van der Waals surface area contributed by atoms with Crippen molar-refractivity contribution in [3.8, 4) is 0 Å². The molecule has 0 aliphatic carbocycles. The van der Waals surface area contributed by atoms with Crippen molar-refractivity contribution in [1.29, 1.82) is 0 Å². The van der Waals surface area contributed by atoms with Gasteiger partial charge in [0.1, 0.15) is 0 Å². The lowest BCUT2D eigenvalue weighted by molar-refractivity contribution is 0.158. The molecule has 1 N–H and O–H groups in total. The van der Waals surface area contributed by atoms with Gasteiger partial charge in [-0.25, -0.2) is 0 Å². The van der Waals surface area contributed by atoms with E-state index in [1.54, 1.807) is 0 Å². The van der Waals surface area contributed by atoms with Crippen LogP contribution in [0.4, 0.5) is 0 Å². The van der Waals surface area contributed by atoms with Crippen LogP contribution in [0.1, 0.15) is 36.8 Å². The van der Waals surface area contributed by atoms with E-state index in [0.29, 0.717) is 24.5 Å². The van der Waals surface area contributed by atoms with Crippen LogP contribution in [-0.4, -0.2) is 22.9 Å². The van der Waals surface area contributed by atoms with Gasteiger partial charge in [-0.2, -0.15) is 0 Å². The third kappa shape index (κ3) is 4.93. The van der Waals surface area contributed by atoms with E-state index in [-0.39, 0.29) is 5.92 Å². The van der Waals surface area contributed by atoms with Crippen molar-refractivity contribution in [1.82, 2.24) is 0 Å². The van der Waals surface area contributed by atoms with Gasteiger partial charge in [-0.15, -0.1) is 0 Å². The lowest BCUT2D eigenvalue weighted by atomic mass is 9.86. The molecule has 2 aromatic carbocycles. The molecular weight excluding hydrogens is 292 g/mol. The van der Waals surface area contributed by atoms with Gasteiger partial charge < -0.3 is 9.84 Å². The Kier molecular flexibility index (Phi) is 6.56. The highest BCUT2D eigenvalue weighted by atomic mass is 32.1. The zero-order valence-corrected chi connectivity index (χ0v) is 13.6. The fourth-order valence-electron chi connectivity index (χ4n) is 2.60. The van der Waals surface area contributed by atoms with Gasteiger partial charge in [-0.3, -0.25) is 0 Å². The Hall–Kier alpha value is -1.71. The molecule has 3 heteroatoms. The number of aliphatic hydroxyl groups is 1. The van der Waals surface area contributed by atoms with Gasteiger partial charge in [-0.05, 0) is 36.7 Å². The SMILES string of the molecule is CCOC(=S)CC(O)CC(c1ccccc1)c1ccccc1. The van der Waals surface area contributed by atoms with Crippen molar-refractivity contribution >= 4 is 17.3 Å². The van der Waals surface area contributed by atoms with Gasteiger partial charge in [0.2, 0.25) is 0 Å². The molecule has 0 spiro atoms. The second-order valence-corrected chi connectivity index (χ2v) is 5.73. The van der Waals surface area contributed by atoms with Crippen molar-refractivity contribution in [2.24, 2.45) is 0 Å². The standard InChI is InChI=1S/C19H22O2S/c1-2-21-19(22)14-17(20)13-18(15-9-5-3-6-10-15)16-11-7-4-8-12-16/h3-12,17-18,20H,2,13-14H2,1H3. The minimum atomic E-state index is -0.510. The topological polar surface area (TPSA) is 29.5 Å². The molecule has 0 radical (unpaired) electrons. The highest BCUT2D eigenvalue weighted by Gasteiger charge is 2.19. The normalized spacial score (nSPS) is 12.1. The molecule has 2 rings (SSSR count). The summed E-state index contributed by atoms with van der Waals surface area (Å²) in [6.07, 6.45) is 0.519. The first kappa shape index (κ1) is 16.7. The summed E-state index contributed by atoms with van der Waals surface area (Å²) in [7, 11) is 0. The maximum absolute atomic E-state index is 10.4. The quantitative estimate of drug-likeness (QED) is 0.772. The second-order valence-electron chi connectivity index (χ2n) is 5.27. The van der Waals surface area contributed by atoms with E-state index < -0.39 is 6.10 Å². The third-order valence-corrected chi connectivity index (χ3v) is 3.90. The summed E-state index contributed by atoms with van der Waals surface area (Å²) in [5, 5.41) is 10.9. The van der Waals surface area contributed by atoms with E-state index >= 15 is 0 Å². The Morgan fingerprint density at radius 2 is 1.50 bits per heavy atom. The zero-order chi connectivity index (χ0) is 15.8. The maximum atomic E-state index is 10.4. The molecule has 116 valence electrons. The molecule has 0 saturated carbocycles. The van der Waals surface area contributed by atoms with Crippen molar-refractivity contribution < 1.29 is 9.84 Å². The van der Waals surface area contributed by atoms with Crippen LogP contribution in [0.2, 0.25) is 0 Å². The number of aliphatic hydroxyl groups excluding tert-OH is 1. The van der Waals surface area contributed by atoms with E-state index in [1.807, 2.05) is 43.3 Å². The Morgan fingerprint density at radius 1 is 1.00 bits per heavy atom. The minimum absolute atomic E-state index is 0.154. The summed E-state index contributed by atoms with van der Waals surface area (Å²) in [6, 6.07) is 20.5. The summed E-state index contributed by atoms with van der Waals surface area (Å²) in [6.45, 7) is 2.45. The van der Waals surface area contributed by atoms with Gasteiger partial charge in [0, 0.05) is 12.3 Å². The molecule has 0 saturated heterocycles. The van der Waals surface area contributed by atoms with Crippen molar-refractivity contribution in [2.45, 2.75) is 31.8 Å². The first-order chi connectivity index (χ1) is 10.7. The molecule has 0 aliphatic rings. The van der Waals surface area contributed by atoms with Crippen LogP contribution in [0, 0.1) is 0 Å². The van der Waals surface area contributed by atoms with Crippen molar-refractivity contribution in [3.05, 3.63) is 71.8 Å². The molecule has 0 aliphatic heterocycles. The minimum Gasteiger partial charge on any atom is -0.487 e. The molecule has 0 amide bonds. The number of hydrogen-bond acceptors (Lipinski definition) is 3. The van der Waals surface area contributed by atoms with Gasteiger partial charge in [0.25, 0.3) is 0 Å². The van der Waals surface area contributed by atoms with Crippen LogP contribution in [-0.2, 0) is 4.74 Å². The van der Waals surface area contributed by atoms with Gasteiger partial charge in [0.05, 0.1) is 12.7 Å². The summed E-state index contributed by atoms with van der Waals surface area (Å²) >= 11 is 5.13. The third-order valence-electron chi connectivity index (χ3n) is 3.62. The monoisotopic (exact) mass is 314 g/mol. The van der Waals surface area contributed by atoms with Gasteiger partial charge in [0.15, 0.2) is 5.05 Å². The summed E-state index contributed by atoms with van der Waals surface area (Å²) in [5.74, 6) is 0.154. The number of rotatable bonds is 7. The van der Waals surface area contributed by atoms with Crippen LogP contribution in [0.3, 0.4) is 0 Å². The molecule has 0 aromatic heterocycles. The van der Waals surface area contributed by atoms with Crippen molar-refractivity contribution in [3.63, 3.8) is 0 Å². The highest BCUT2D eigenvalue weighted by molar-refractivity contribution is 7.80. The van der Waals surface area contributed by atoms with E-state index in [2.05, 4.69) is 24.3 Å². The Labute approximate surface area is 137 Å². The van der Waals surface area contributed by atoms with Crippen LogP contribution in [0.5, 0.6) is 0 Å². The Bertz CT molecular complexity index is 529. The first-order valence-corrected chi connectivity index (χ1v) is 8.05. The highest BCUT2D eigenvalue weighted by Crippen LogP contribution is 2.29. The average molecular weight is 314 g/mol. The van der Waals surface area contributed by atoms with E-state index in [4.69, 9.17) is 17.0 Å². The fraction of sp³-hybridized carbons (Fsp3) is 0.316. The molecule has 0 bridgehead atoms. The molecule has 0 heterocycles. The molecule has 1 atom stereocenters. The first-order valence-electron chi connectivity index (χ1n) is 7.64. The summed E-state index contributed by atoms with van der Waals surface area (Å²) in [5.41, 5.74) is 2.41. The fourth-order valence-corrected chi connectivity index (χ4v) is 2.91. The number of thiocarbonyl (C=S) groups is 1. The second kappa shape index (κ2) is 8.66. The van der Waals surface area contributed by atoms with Crippen LogP contribution < -0.4 is 0 Å². The predicted octanol–water partition coefficient (Wildman–Crippen LogP) is 4.32. The molecular formula is C19H22O2S. The largest absolute Gasteiger partial charge is 0.487 e. The van der Waals surface area contributed by atoms with Crippen LogP contribution in [0.25, 0.3) is 0 Å². The van der Waals surface area contributed by atoms with Crippen LogP contribution >= 0.6 is 12.2 Å². The van der Waals surface area contributed by atoms with E-state index in [0.717, 1.165) is 0 Å². The number of benzene rings is 2. The maximum Gasteiger partial charge on any atom is 0.162 e. The lowest BCUT2D eigenvalue weighted by Crippen LogP contribution is -2.18. The molecule has 2 aromatic rings. The molecule has 22 heavy (non-hydrogen) atoms. The smallest absolute Gasteiger partial charge is 0.162 e. The van der Waals surface area contributed by atoms with Crippen LogP contribution in [0.15, 0.2) is 60.7 Å². The summed E-state index contributed by atoms with van der Waals surface area (Å²) < 4.78 is 5.28. The van der Waals surface area contributed by atoms with Gasteiger partial charge >= 0.3 is 0 Å². The van der Waals surface area contributed by atoms with E-state index in [1.165, 1.54) is 11.1 Å². The average Bonchev–Trinajstić information content (AvgIpc) is 2.54. The lowest BCUT2D eigenvalue weighted by Gasteiger charge is -2.21. The number of ether oxygens (including phenoxy) is 1. The van der Waals surface area contributed by atoms with Crippen molar-refractivity contribution in [2.75, 3.05) is 6.61 Å². The molecule has 1 unspecified atom stereocenters. The molecule has 2 nitrogen and oxygen atoms in total. The van der Waals surface area contributed by atoms with E-state index in [9.17, 15) is 5.11 Å².